The van der Waals surface area contributed by atoms with E-state index >= 15 is 0 Å². The molecule has 5 rings (SSSR count). The van der Waals surface area contributed by atoms with Gasteiger partial charge in [0.15, 0.2) is 27.1 Å². The number of benzene rings is 2. The highest BCUT2D eigenvalue weighted by Crippen LogP contribution is 2.28. The minimum atomic E-state index is -3.23. The first-order valence-electron chi connectivity index (χ1n) is 14.5. The Kier molecular flexibility index (Phi) is 9.02. The van der Waals surface area contributed by atoms with Crippen LogP contribution < -0.4 is 4.90 Å². The van der Waals surface area contributed by atoms with Crippen LogP contribution in [0.4, 0.5) is 11.4 Å². The molecule has 1 amide bonds. The molecule has 2 fully saturated rings. The lowest BCUT2D eigenvalue weighted by Crippen LogP contribution is -2.40. The summed E-state index contributed by atoms with van der Waals surface area (Å²) < 4.78 is 23.4. The fourth-order valence-corrected chi connectivity index (χ4v) is 6.44. The van der Waals surface area contributed by atoms with Gasteiger partial charge in [-0.1, -0.05) is 24.3 Å². The third-order valence-corrected chi connectivity index (χ3v) is 9.59. The Morgan fingerprint density at radius 2 is 1.49 bits per heavy atom. The van der Waals surface area contributed by atoms with Crippen LogP contribution >= 0.6 is 0 Å². The van der Waals surface area contributed by atoms with Crippen LogP contribution in [0.2, 0.25) is 0 Å². The van der Waals surface area contributed by atoms with Gasteiger partial charge in [0.2, 0.25) is 0 Å². The van der Waals surface area contributed by atoms with Gasteiger partial charge in [0.05, 0.1) is 11.5 Å². The van der Waals surface area contributed by atoms with Crippen LogP contribution in [0, 0.1) is 18.4 Å². The minimum absolute atomic E-state index is 0.00575. The number of rotatable bonds is 8. The SMILES string of the molecule is [C-]#[N+]c1ccc(C(=O)C2CCN(C(=O)c3ccc(C(=O)CC4CCN(c5ccc(S(C)(=O)=O)cc5)CC4)cn3)CC2)cc1. The topological polar surface area (TPSA) is 109 Å². The van der Waals surface area contributed by atoms with Gasteiger partial charge in [0.1, 0.15) is 5.69 Å². The first kappa shape index (κ1) is 30.1. The molecule has 0 radical (unpaired) electrons. The molecule has 9 nitrogen and oxygen atoms in total. The Hall–Kier alpha value is -4.36. The number of hydrogen-bond acceptors (Lipinski definition) is 7. The van der Waals surface area contributed by atoms with Crippen molar-refractivity contribution in [3.8, 4) is 0 Å². The van der Waals surface area contributed by atoms with Crippen molar-refractivity contribution < 1.29 is 22.8 Å². The number of carbonyl (C=O) groups excluding carboxylic acids is 3. The van der Waals surface area contributed by atoms with Crippen molar-refractivity contribution in [3.63, 3.8) is 0 Å². The van der Waals surface area contributed by atoms with E-state index < -0.39 is 9.84 Å². The molecular weight excluding hydrogens is 564 g/mol. The molecule has 0 unspecified atom stereocenters. The number of amides is 1. The van der Waals surface area contributed by atoms with Gasteiger partial charge < -0.3 is 9.80 Å². The first-order valence-corrected chi connectivity index (χ1v) is 16.4. The molecule has 0 bridgehead atoms. The summed E-state index contributed by atoms with van der Waals surface area (Å²) in [6.07, 6.45) is 5.94. The summed E-state index contributed by atoms with van der Waals surface area (Å²) in [5.74, 6) is -0.0777. The molecule has 0 atom stereocenters. The van der Waals surface area contributed by atoms with E-state index in [-0.39, 0.29) is 35.0 Å². The fraction of sp³-hybridized carbons (Fsp3) is 0.364. The standard InChI is InChI=1S/C33H34N4O5S/c1-34-27-6-3-24(4-7-27)32(39)25-15-19-37(20-16-25)33(40)30-12-5-26(22-35-30)31(38)21-23-13-17-36(18-14-23)28-8-10-29(11-9-28)43(2,41)42/h3-12,22-23,25H,13-21H2,2H3. The third kappa shape index (κ3) is 7.17. The lowest BCUT2D eigenvalue weighted by molar-refractivity contribution is 0.0645. The Morgan fingerprint density at radius 3 is 2.05 bits per heavy atom. The average Bonchev–Trinajstić information content (AvgIpc) is 3.04. The summed E-state index contributed by atoms with van der Waals surface area (Å²) in [6.45, 7) is 9.54. The molecule has 3 aromatic rings. The summed E-state index contributed by atoms with van der Waals surface area (Å²) in [5, 5.41) is 0. The van der Waals surface area contributed by atoms with Crippen molar-refractivity contribution in [3.05, 3.63) is 95.1 Å². The number of ketones is 2. The van der Waals surface area contributed by atoms with Crippen LogP contribution in [0.3, 0.4) is 0 Å². The second-order valence-electron chi connectivity index (χ2n) is 11.3. The zero-order chi connectivity index (χ0) is 30.6. The zero-order valence-corrected chi connectivity index (χ0v) is 24.9. The molecule has 2 aliphatic rings. The second-order valence-corrected chi connectivity index (χ2v) is 13.4. The van der Waals surface area contributed by atoms with Gasteiger partial charge in [-0.25, -0.2) is 13.3 Å². The van der Waals surface area contributed by atoms with E-state index in [0.717, 1.165) is 31.6 Å². The maximum atomic E-state index is 13.1. The van der Waals surface area contributed by atoms with Gasteiger partial charge in [-0.3, -0.25) is 19.4 Å². The van der Waals surface area contributed by atoms with Gasteiger partial charge in [0.25, 0.3) is 5.91 Å². The molecule has 0 spiro atoms. The number of carbonyl (C=O) groups is 3. The monoisotopic (exact) mass is 598 g/mol. The summed E-state index contributed by atoms with van der Waals surface area (Å²) in [5.41, 5.74) is 2.83. The summed E-state index contributed by atoms with van der Waals surface area (Å²) in [6, 6.07) is 16.9. The number of aromatic nitrogens is 1. The minimum Gasteiger partial charge on any atom is -0.372 e. The van der Waals surface area contributed by atoms with Crippen molar-refractivity contribution in [2.75, 3.05) is 37.3 Å². The fourth-order valence-electron chi connectivity index (χ4n) is 5.81. The Morgan fingerprint density at radius 1 is 0.860 bits per heavy atom. The molecule has 2 saturated heterocycles. The number of pyridine rings is 1. The number of hydrogen-bond donors (Lipinski definition) is 0. The van der Waals surface area contributed by atoms with Crippen molar-refractivity contribution in [1.82, 2.24) is 9.88 Å². The van der Waals surface area contributed by atoms with Crippen molar-refractivity contribution in [2.24, 2.45) is 11.8 Å². The van der Waals surface area contributed by atoms with Crippen LogP contribution in [0.5, 0.6) is 0 Å². The molecular formula is C33H34N4O5S. The van der Waals surface area contributed by atoms with Gasteiger partial charge in [-0.2, -0.15) is 0 Å². The van der Waals surface area contributed by atoms with Crippen LogP contribution in [0.25, 0.3) is 4.85 Å². The van der Waals surface area contributed by atoms with Gasteiger partial charge in [0, 0.05) is 67.8 Å². The van der Waals surface area contributed by atoms with Gasteiger partial charge in [-0.15, -0.1) is 0 Å². The van der Waals surface area contributed by atoms with E-state index in [1.165, 1.54) is 12.5 Å². The molecule has 222 valence electrons. The molecule has 0 aliphatic carbocycles. The van der Waals surface area contributed by atoms with E-state index in [2.05, 4.69) is 14.7 Å². The Balaban J connectivity index is 1.09. The van der Waals surface area contributed by atoms with E-state index in [1.54, 1.807) is 53.4 Å². The maximum absolute atomic E-state index is 13.1. The van der Waals surface area contributed by atoms with Gasteiger partial charge in [-0.05, 0) is 68.0 Å². The summed E-state index contributed by atoms with van der Waals surface area (Å²) >= 11 is 0. The van der Waals surface area contributed by atoms with E-state index in [0.29, 0.717) is 54.1 Å². The number of nitrogens with zero attached hydrogens (tertiary/aromatic N) is 4. The number of piperidine rings is 2. The normalized spacial score (nSPS) is 16.5. The smallest absolute Gasteiger partial charge is 0.272 e. The predicted molar refractivity (Wildman–Crippen MR) is 163 cm³/mol. The quantitative estimate of drug-likeness (QED) is 0.257. The average molecular weight is 599 g/mol. The highest BCUT2D eigenvalue weighted by atomic mass is 32.2. The van der Waals surface area contributed by atoms with Crippen LogP contribution in [-0.4, -0.2) is 68.2 Å². The van der Waals surface area contributed by atoms with Crippen LogP contribution in [-0.2, 0) is 9.84 Å². The lowest BCUT2D eigenvalue weighted by atomic mass is 9.88. The predicted octanol–water partition coefficient (Wildman–Crippen LogP) is 5.26. The summed E-state index contributed by atoms with van der Waals surface area (Å²) in [4.78, 5) is 50.8. The van der Waals surface area contributed by atoms with Gasteiger partial charge >= 0.3 is 0 Å². The highest BCUT2D eigenvalue weighted by Gasteiger charge is 2.29. The zero-order valence-electron chi connectivity index (χ0n) is 24.1. The Labute approximate surface area is 252 Å². The number of anilines is 1. The van der Waals surface area contributed by atoms with E-state index in [4.69, 9.17) is 6.57 Å². The molecule has 2 aromatic carbocycles. The lowest BCUT2D eigenvalue weighted by Gasteiger charge is -2.33. The molecule has 2 aliphatic heterocycles. The molecule has 10 heteroatoms. The largest absolute Gasteiger partial charge is 0.372 e. The van der Waals surface area contributed by atoms with E-state index in [1.807, 2.05) is 12.1 Å². The highest BCUT2D eigenvalue weighted by molar-refractivity contribution is 7.90. The first-order chi connectivity index (χ1) is 20.6. The number of Topliss-reactive ketones (excluding diaryl/α,β-unsaturated/α-hetero) is 2. The molecule has 0 N–H and O–H groups in total. The van der Waals surface area contributed by atoms with Crippen LogP contribution in [0.1, 0.15) is 63.3 Å². The molecule has 43 heavy (non-hydrogen) atoms. The third-order valence-electron chi connectivity index (χ3n) is 8.46. The van der Waals surface area contributed by atoms with Crippen molar-refractivity contribution >= 4 is 38.7 Å². The number of likely N-dealkylation sites (tertiary alicyclic amines) is 1. The molecule has 3 heterocycles. The second kappa shape index (κ2) is 12.9. The van der Waals surface area contributed by atoms with Crippen molar-refractivity contribution in [2.45, 2.75) is 37.0 Å². The number of sulfone groups is 1. The van der Waals surface area contributed by atoms with E-state index in [9.17, 15) is 22.8 Å². The molecule has 0 saturated carbocycles. The maximum Gasteiger partial charge on any atom is 0.272 e. The summed E-state index contributed by atoms with van der Waals surface area (Å²) in [7, 11) is -3.23. The molecule has 1 aromatic heterocycles. The van der Waals surface area contributed by atoms with Crippen LogP contribution in [0.15, 0.2) is 71.8 Å². The Bertz CT molecular complexity index is 1630. The van der Waals surface area contributed by atoms with Crippen molar-refractivity contribution in [1.29, 1.82) is 0 Å².